The number of para-hydroxylation sites is 8. The fraction of sp³-hybridized carbons (Fsp3) is 0. The van der Waals surface area contributed by atoms with Crippen molar-refractivity contribution in [1.82, 2.24) is 37.3 Å². The minimum absolute atomic E-state index is 0.572. The van der Waals surface area contributed by atoms with Crippen LogP contribution in [0.1, 0.15) is 5.56 Å². The standard InChI is InChI=1S/C40H23N9/c41-24-25-17-22-36-37(23-25)49-33-14-6-3-11-30(33)44-40(49)46(39-43-29-10-2-5-13-32(29)48(36)39)27-20-18-26(19-21-27)45-34-15-7-8-16-35(34)47-31-12-4-1-9-28(31)42-38(45)47/h1-23H. The Morgan fingerprint density at radius 3 is 1.33 bits per heavy atom. The summed E-state index contributed by atoms with van der Waals surface area (Å²) in [4.78, 5) is 15.5. The van der Waals surface area contributed by atoms with Crippen molar-refractivity contribution < 1.29 is 0 Å². The van der Waals surface area contributed by atoms with Crippen LogP contribution in [-0.2, 0) is 0 Å². The van der Waals surface area contributed by atoms with Crippen molar-refractivity contribution in [2.45, 2.75) is 0 Å². The Bertz CT molecular complexity index is 3230. The molecule has 0 radical (unpaired) electrons. The second-order valence-corrected chi connectivity index (χ2v) is 12.2. The second kappa shape index (κ2) is 9.44. The maximum absolute atomic E-state index is 9.94. The van der Waals surface area contributed by atoms with Crippen molar-refractivity contribution in [3.63, 3.8) is 0 Å². The molecule has 0 N–H and O–H groups in total. The monoisotopic (exact) mass is 629 g/mol. The highest BCUT2D eigenvalue weighted by molar-refractivity contribution is 5.94. The zero-order valence-corrected chi connectivity index (χ0v) is 25.8. The summed E-state index contributed by atoms with van der Waals surface area (Å²) < 4.78 is 10.9. The number of imidazole rings is 4. The van der Waals surface area contributed by atoms with Crippen molar-refractivity contribution >= 4 is 72.5 Å². The Balaban J connectivity index is 1.26. The van der Waals surface area contributed by atoms with Crippen LogP contribution in [-0.4, -0.2) is 37.3 Å². The Hall–Kier alpha value is -7.18. The molecule has 0 unspecified atom stereocenters. The minimum atomic E-state index is 0.572. The molecule has 0 saturated carbocycles. The fourth-order valence-electron chi connectivity index (χ4n) is 7.44. The summed E-state index contributed by atoms with van der Waals surface area (Å²) in [7, 11) is 0. The van der Waals surface area contributed by atoms with Crippen LogP contribution in [0.15, 0.2) is 140 Å². The van der Waals surface area contributed by atoms with Gasteiger partial charge in [0.2, 0.25) is 17.3 Å². The quantitative estimate of drug-likeness (QED) is 0.192. The molecule has 0 aliphatic heterocycles. The molecule has 9 heteroatoms. The molecule has 0 atom stereocenters. The van der Waals surface area contributed by atoms with Gasteiger partial charge in [0.15, 0.2) is 0 Å². The first-order chi connectivity index (χ1) is 24.3. The normalized spacial score (nSPS) is 12.1. The number of hydrogen-bond acceptors (Lipinski definition) is 4. The highest BCUT2D eigenvalue weighted by Crippen LogP contribution is 2.32. The Labute approximate surface area is 277 Å². The van der Waals surface area contributed by atoms with Gasteiger partial charge in [-0.3, -0.25) is 17.8 Å². The summed E-state index contributed by atoms with van der Waals surface area (Å²) in [6.45, 7) is 0. The molecule has 0 amide bonds. The highest BCUT2D eigenvalue weighted by Gasteiger charge is 2.20. The Morgan fingerprint density at radius 2 is 0.796 bits per heavy atom. The van der Waals surface area contributed by atoms with Gasteiger partial charge in [-0.1, -0.05) is 48.5 Å². The van der Waals surface area contributed by atoms with Gasteiger partial charge in [0.1, 0.15) is 0 Å². The van der Waals surface area contributed by atoms with Crippen LogP contribution in [0.5, 0.6) is 0 Å². The Morgan fingerprint density at radius 1 is 0.388 bits per heavy atom. The molecule has 228 valence electrons. The van der Waals surface area contributed by atoms with Gasteiger partial charge in [0.05, 0.1) is 72.5 Å². The van der Waals surface area contributed by atoms with Gasteiger partial charge in [-0.15, -0.1) is 0 Å². The van der Waals surface area contributed by atoms with Gasteiger partial charge in [0.25, 0.3) is 0 Å². The van der Waals surface area contributed by atoms with Crippen LogP contribution in [0.3, 0.4) is 0 Å². The molecule has 0 spiro atoms. The van der Waals surface area contributed by atoms with E-state index in [1.807, 2.05) is 60.7 Å². The fourth-order valence-corrected chi connectivity index (χ4v) is 7.44. The van der Waals surface area contributed by atoms with E-state index in [0.717, 1.165) is 72.3 Å². The largest absolute Gasteiger partial charge is 0.278 e. The van der Waals surface area contributed by atoms with Crippen LogP contribution in [0, 0.1) is 11.3 Å². The van der Waals surface area contributed by atoms with E-state index in [4.69, 9.17) is 15.0 Å². The number of benzene rings is 6. The number of nitrogens with zero attached hydrogens (tertiary/aromatic N) is 9. The van der Waals surface area contributed by atoms with Crippen molar-refractivity contribution in [3.05, 3.63) is 145 Å². The molecule has 6 aromatic carbocycles. The first kappa shape index (κ1) is 25.9. The lowest BCUT2D eigenvalue weighted by atomic mass is 10.2. The summed E-state index contributed by atoms with van der Waals surface area (Å²) in [5, 5.41) is 9.94. The molecule has 11 rings (SSSR count). The predicted octanol–water partition coefficient (Wildman–Crippen LogP) is 8.41. The number of nitriles is 1. The van der Waals surface area contributed by atoms with E-state index in [1.165, 1.54) is 0 Å². The van der Waals surface area contributed by atoms with E-state index in [1.54, 1.807) is 0 Å². The lowest BCUT2D eigenvalue weighted by Crippen LogP contribution is -2.03. The van der Waals surface area contributed by atoms with Crippen LogP contribution < -0.4 is 0 Å². The predicted molar refractivity (Wildman–Crippen MR) is 192 cm³/mol. The van der Waals surface area contributed by atoms with Crippen LogP contribution in [0.25, 0.3) is 83.9 Å². The molecule has 0 fully saturated rings. The number of rotatable bonds is 2. The van der Waals surface area contributed by atoms with E-state index < -0.39 is 0 Å². The van der Waals surface area contributed by atoms with E-state index in [9.17, 15) is 5.26 Å². The van der Waals surface area contributed by atoms with Gasteiger partial charge in [-0.05, 0) is 91.0 Å². The summed E-state index contributed by atoms with van der Waals surface area (Å²) in [5.74, 6) is 2.26. The third kappa shape index (κ3) is 3.44. The topological polar surface area (TPSA) is 85.5 Å². The first-order valence-electron chi connectivity index (χ1n) is 16.0. The average Bonchev–Trinajstić information content (AvgIpc) is 3.89. The third-order valence-electron chi connectivity index (χ3n) is 9.55. The SMILES string of the molecule is N#Cc1ccc2c(c1)n1c3ccccc3nc1n(-c1ccc(-n3c4ccccc4n4c5ccccc5nc34)cc1)c1nc3ccccc3n21. The molecule has 11 aromatic rings. The van der Waals surface area contributed by atoms with E-state index in [2.05, 4.69) is 107 Å². The zero-order valence-electron chi connectivity index (χ0n) is 25.8. The molecule has 0 aliphatic rings. The van der Waals surface area contributed by atoms with Crippen molar-refractivity contribution in [2.24, 2.45) is 0 Å². The van der Waals surface area contributed by atoms with Crippen LogP contribution in [0.2, 0.25) is 0 Å². The van der Waals surface area contributed by atoms with Crippen molar-refractivity contribution in [1.29, 1.82) is 5.26 Å². The number of aromatic nitrogens is 8. The summed E-state index contributed by atoms with van der Waals surface area (Å²) in [6, 6.07) is 49.6. The molecule has 0 aliphatic carbocycles. The molecular weight excluding hydrogens is 607 g/mol. The lowest BCUT2D eigenvalue weighted by Gasteiger charge is -2.10. The number of fused-ring (bicyclic) bond motifs is 14. The van der Waals surface area contributed by atoms with Gasteiger partial charge in [0, 0.05) is 5.69 Å². The van der Waals surface area contributed by atoms with Gasteiger partial charge in [-0.25, -0.2) is 19.5 Å². The van der Waals surface area contributed by atoms with E-state index in [0.29, 0.717) is 17.1 Å². The van der Waals surface area contributed by atoms with Crippen LogP contribution in [0.4, 0.5) is 0 Å². The molecular formula is C40H23N9. The van der Waals surface area contributed by atoms with Crippen molar-refractivity contribution in [3.8, 4) is 17.4 Å². The van der Waals surface area contributed by atoms with Crippen molar-refractivity contribution in [2.75, 3.05) is 0 Å². The lowest BCUT2D eigenvalue weighted by molar-refractivity contribution is 1.02. The zero-order chi connectivity index (χ0) is 32.2. The molecule has 49 heavy (non-hydrogen) atoms. The van der Waals surface area contributed by atoms with Gasteiger partial charge < -0.3 is 0 Å². The van der Waals surface area contributed by atoms with Crippen LogP contribution >= 0.6 is 0 Å². The first-order valence-corrected chi connectivity index (χ1v) is 16.0. The maximum Gasteiger partial charge on any atom is 0.223 e. The second-order valence-electron chi connectivity index (χ2n) is 12.2. The molecule has 5 aromatic heterocycles. The summed E-state index contributed by atoms with van der Waals surface area (Å²) in [6.07, 6.45) is 0. The maximum atomic E-state index is 9.94. The van der Waals surface area contributed by atoms with E-state index >= 15 is 0 Å². The highest BCUT2D eigenvalue weighted by atomic mass is 15.3. The molecule has 0 saturated heterocycles. The minimum Gasteiger partial charge on any atom is -0.278 e. The molecule has 0 bridgehead atoms. The van der Waals surface area contributed by atoms with Gasteiger partial charge >= 0.3 is 0 Å². The Kier molecular flexibility index (Phi) is 5.00. The smallest absolute Gasteiger partial charge is 0.223 e. The average molecular weight is 630 g/mol. The van der Waals surface area contributed by atoms with E-state index in [-0.39, 0.29) is 0 Å². The molecule has 5 heterocycles. The molecule has 9 nitrogen and oxygen atoms in total. The summed E-state index contributed by atoms with van der Waals surface area (Å²) >= 11 is 0. The third-order valence-corrected chi connectivity index (χ3v) is 9.55. The number of hydrogen-bond donors (Lipinski definition) is 0. The summed E-state index contributed by atoms with van der Waals surface area (Å²) in [5.41, 5.74) is 12.1. The van der Waals surface area contributed by atoms with Gasteiger partial charge in [-0.2, -0.15) is 5.26 Å².